The van der Waals surface area contributed by atoms with E-state index < -0.39 is 0 Å². The van der Waals surface area contributed by atoms with Gasteiger partial charge in [0.05, 0.1) is 23.8 Å². The lowest BCUT2D eigenvalue weighted by molar-refractivity contribution is -0.144. The van der Waals surface area contributed by atoms with Crippen LogP contribution in [-0.4, -0.2) is 34.2 Å². The van der Waals surface area contributed by atoms with Gasteiger partial charge in [-0.15, -0.1) is 0 Å². The molecule has 2 aromatic carbocycles. The maximum absolute atomic E-state index is 13.6. The minimum atomic E-state index is -0.373. The summed E-state index contributed by atoms with van der Waals surface area (Å²) in [6, 6.07) is 12.7. The maximum atomic E-state index is 13.6. The lowest BCUT2D eigenvalue weighted by Gasteiger charge is -2.33. The van der Waals surface area contributed by atoms with Crippen LogP contribution < -0.4 is 5.43 Å². The summed E-state index contributed by atoms with van der Waals surface area (Å²) in [6.07, 6.45) is 2.40. The molecule has 0 aliphatic heterocycles. The van der Waals surface area contributed by atoms with Gasteiger partial charge in [-0.2, -0.15) is 0 Å². The summed E-state index contributed by atoms with van der Waals surface area (Å²) in [5, 5.41) is 0.436. The third-order valence-electron chi connectivity index (χ3n) is 6.18. The molecule has 0 radical (unpaired) electrons. The lowest BCUT2D eigenvalue weighted by atomic mass is 9.91. The highest BCUT2D eigenvalue weighted by Gasteiger charge is 2.28. The van der Waals surface area contributed by atoms with Crippen LogP contribution in [0.15, 0.2) is 64.0 Å². The zero-order valence-electron chi connectivity index (χ0n) is 21.7. The highest BCUT2D eigenvalue weighted by molar-refractivity contribution is 5.85. The number of amides is 2. The molecular formula is C29H35FN2O4. The predicted octanol–water partition coefficient (Wildman–Crippen LogP) is 5.52. The van der Waals surface area contributed by atoms with E-state index in [1.807, 2.05) is 34.6 Å². The lowest BCUT2D eigenvalue weighted by Crippen LogP contribution is -2.47. The Balaban J connectivity index is 1.92. The second-order valence-electron chi connectivity index (χ2n) is 10.5. The first-order chi connectivity index (χ1) is 17.0. The smallest absolute Gasteiger partial charge is 0.242 e. The molecule has 0 fully saturated rings. The Morgan fingerprint density at radius 1 is 1.00 bits per heavy atom. The van der Waals surface area contributed by atoms with Gasteiger partial charge in [-0.25, -0.2) is 4.39 Å². The van der Waals surface area contributed by atoms with E-state index in [4.69, 9.17) is 4.42 Å². The molecule has 1 heterocycles. The number of hydrogen-bond donors (Lipinski definition) is 0. The fourth-order valence-corrected chi connectivity index (χ4v) is 3.99. The summed E-state index contributed by atoms with van der Waals surface area (Å²) in [7, 11) is 0. The first kappa shape index (κ1) is 27.1. The van der Waals surface area contributed by atoms with Crippen molar-refractivity contribution in [3.05, 3.63) is 82.0 Å². The second-order valence-corrected chi connectivity index (χ2v) is 10.5. The molecule has 36 heavy (non-hydrogen) atoms. The van der Waals surface area contributed by atoms with E-state index in [0.717, 1.165) is 0 Å². The van der Waals surface area contributed by atoms with Gasteiger partial charge in [-0.3, -0.25) is 14.4 Å². The summed E-state index contributed by atoms with van der Waals surface area (Å²) in [6.45, 7) is 9.92. The second kappa shape index (κ2) is 11.5. The van der Waals surface area contributed by atoms with Gasteiger partial charge in [0.25, 0.3) is 0 Å². The molecule has 2 amide bonds. The SMILES string of the molecule is CCC(C)N(CC(=O)N(Cc1ccc(F)cc1)Cc1coc2ccccc2c1=O)C(=O)CC(C)(C)C. The first-order valence-corrected chi connectivity index (χ1v) is 12.3. The molecule has 1 unspecified atom stereocenters. The van der Waals surface area contributed by atoms with Gasteiger partial charge in [0.2, 0.25) is 11.8 Å². The van der Waals surface area contributed by atoms with E-state index in [0.29, 0.717) is 34.9 Å². The molecule has 0 spiro atoms. The quantitative estimate of drug-likeness (QED) is 0.393. The largest absolute Gasteiger partial charge is 0.464 e. The fraction of sp³-hybridized carbons (Fsp3) is 0.414. The fourth-order valence-electron chi connectivity index (χ4n) is 3.99. The Hall–Kier alpha value is -3.48. The van der Waals surface area contributed by atoms with E-state index in [9.17, 15) is 18.8 Å². The van der Waals surface area contributed by atoms with Crippen LogP contribution in [0, 0.1) is 11.2 Å². The molecule has 0 N–H and O–H groups in total. The standard InChI is InChI=1S/C29H35FN2O4/c1-6-20(2)32(26(33)15-29(3,4)5)18-27(34)31(16-21-11-13-23(30)14-12-21)17-22-19-36-25-10-8-7-9-24(25)28(22)35/h7-14,19-20H,6,15-18H2,1-5H3. The van der Waals surface area contributed by atoms with E-state index in [1.54, 1.807) is 41.3 Å². The van der Waals surface area contributed by atoms with Crippen LogP contribution in [-0.2, 0) is 22.7 Å². The maximum Gasteiger partial charge on any atom is 0.242 e. The number of para-hydroxylation sites is 1. The summed E-state index contributed by atoms with van der Waals surface area (Å²) in [5.41, 5.74) is 1.09. The molecule has 192 valence electrons. The van der Waals surface area contributed by atoms with Gasteiger partial charge >= 0.3 is 0 Å². The van der Waals surface area contributed by atoms with E-state index in [1.165, 1.54) is 23.3 Å². The minimum absolute atomic E-state index is 0.00514. The number of carbonyl (C=O) groups excluding carboxylic acids is 2. The molecule has 7 heteroatoms. The molecule has 1 aromatic heterocycles. The first-order valence-electron chi connectivity index (χ1n) is 12.3. The summed E-state index contributed by atoms with van der Waals surface area (Å²) in [5.74, 6) is -0.755. The average Bonchev–Trinajstić information content (AvgIpc) is 2.83. The van der Waals surface area contributed by atoms with Gasteiger partial charge in [-0.1, -0.05) is 52.0 Å². The molecule has 0 aliphatic carbocycles. The van der Waals surface area contributed by atoms with Gasteiger partial charge in [0.1, 0.15) is 17.9 Å². The van der Waals surface area contributed by atoms with Crippen molar-refractivity contribution in [2.45, 2.75) is 66.6 Å². The molecule has 1 atom stereocenters. The molecule has 6 nitrogen and oxygen atoms in total. The Kier molecular flexibility index (Phi) is 8.66. The molecular weight excluding hydrogens is 459 g/mol. The topological polar surface area (TPSA) is 70.8 Å². The van der Waals surface area contributed by atoms with Crippen molar-refractivity contribution in [1.82, 2.24) is 9.80 Å². The number of fused-ring (bicyclic) bond motifs is 1. The third kappa shape index (κ3) is 7.03. The monoisotopic (exact) mass is 494 g/mol. The molecule has 3 rings (SSSR count). The van der Waals surface area contributed by atoms with Crippen molar-refractivity contribution in [3.8, 4) is 0 Å². The highest BCUT2D eigenvalue weighted by atomic mass is 19.1. The zero-order chi connectivity index (χ0) is 26.5. The van der Waals surface area contributed by atoms with Gasteiger partial charge in [0, 0.05) is 19.0 Å². The van der Waals surface area contributed by atoms with Crippen LogP contribution in [0.1, 0.15) is 58.6 Å². The van der Waals surface area contributed by atoms with Crippen molar-refractivity contribution in [2.24, 2.45) is 5.41 Å². The summed E-state index contributed by atoms with van der Waals surface area (Å²) < 4.78 is 19.1. The van der Waals surface area contributed by atoms with Gasteiger partial charge in [-0.05, 0) is 48.6 Å². The molecule has 0 aliphatic rings. The van der Waals surface area contributed by atoms with Crippen molar-refractivity contribution in [3.63, 3.8) is 0 Å². The number of rotatable bonds is 9. The minimum Gasteiger partial charge on any atom is -0.464 e. The van der Waals surface area contributed by atoms with Crippen molar-refractivity contribution >= 4 is 22.8 Å². The Bertz CT molecular complexity index is 1260. The molecule has 3 aromatic rings. The normalized spacial score (nSPS) is 12.4. The highest BCUT2D eigenvalue weighted by Crippen LogP contribution is 2.22. The van der Waals surface area contributed by atoms with E-state index in [-0.39, 0.29) is 54.2 Å². The number of nitrogens with zero attached hydrogens (tertiary/aromatic N) is 2. The Morgan fingerprint density at radius 2 is 1.67 bits per heavy atom. The van der Waals surface area contributed by atoms with Crippen molar-refractivity contribution < 1.29 is 18.4 Å². The van der Waals surface area contributed by atoms with Crippen LogP contribution in [0.5, 0.6) is 0 Å². The summed E-state index contributed by atoms with van der Waals surface area (Å²) >= 11 is 0. The molecule has 0 saturated carbocycles. The predicted molar refractivity (Wildman–Crippen MR) is 139 cm³/mol. The number of benzene rings is 2. The van der Waals surface area contributed by atoms with E-state index in [2.05, 4.69) is 0 Å². The zero-order valence-corrected chi connectivity index (χ0v) is 21.7. The van der Waals surface area contributed by atoms with Gasteiger partial charge in [0.15, 0.2) is 5.43 Å². The number of carbonyl (C=O) groups is 2. The van der Waals surface area contributed by atoms with E-state index >= 15 is 0 Å². The Morgan fingerprint density at radius 3 is 2.31 bits per heavy atom. The number of halogens is 1. The molecule has 0 saturated heterocycles. The molecule has 0 bridgehead atoms. The van der Waals surface area contributed by atoms with Crippen LogP contribution in [0.3, 0.4) is 0 Å². The average molecular weight is 495 g/mol. The van der Waals surface area contributed by atoms with Crippen molar-refractivity contribution in [2.75, 3.05) is 6.54 Å². The number of hydrogen-bond acceptors (Lipinski definition) is 4. The van der Waals surface area contributed by atoms with Crippen molar-refractivity contribution in [1.29, 1.82) is 0 Å². The van der Waals surface area contributed by atoms with Crippen LogP contribution in [0.25, 0.3) is 11.0 Å². The summed E-state index contributed by atoms with van der Waals surface area (Å²) in [4.78, 5) is 43.0. The van der Waals surface area contributed by atoms with Crippen LogP contribution >= 0.6 is 0 Å². The van der Waals surface area contributed by atoms with Crippen LogP contribution in [0.2, 0.25) is 0 Å². The van der Waals surface area contributed by atoms with Gasteiger partial charge < -0.3 is 14.2 Å². The van der Waals surface area contributed by atoms with Crippen LogP contribution in [0.4, 0.5) is 4.39 Å². The Labute approximate surface area is 211 Å². The third-order valence-corrected chi connectivity index (χ3v) is 6.18.